The van der Waals surface area contributed by atoms with Gasteiger partial charge in [-0.2, -0.15) is 0 Å². The van der Waals surface area contributed by atoms with Crippen molar-refractivity contribution in [1.82, 2.24) is 10.8 Å². The predicted molar refractivity (Wildman–Crippen MR) is 48.5 cm³/mol. The number of carboxylic acid groups (broad SMARTS) is 1. The van der Waals surface area contributed by atoms with Crippen LogP contribution in [0.1, 0.15) is 13.3 Å². The Balaban J connectivity index is 3.64. The Kier molecular flexibility index (Phi) is 5.79. The number of rotatable bonds is 6. The Morgan fingerprint density at radius 2 is 2.07 bits per heavy atom. The summed E-state index contributed by atoms with van der Waals surface area (Å²) >= 11 is 0. The van der Waals surface area contributed by atoms with Crippen molar-refractivity contribution in [3.8, 4) is 0 Å². The zero-order chi connectivity index (χ0) is 11.8. The van der Waals surface area contributed by atoms with E-state index in [0.717, 1.165) is 0 Å². The molecule has 1 unspecified atom stereocenters. The third kappa shape index (κ3) is 8.50. The summed E-state index contributed by atoms with van der Waals surface area (Å²) in [5.41, 5.74) is 6.72. The lowest BCUT2D eigenvalue weighted by atomic mass is 10.2. The summed E-state index contributed by atoms with van der Waals surface area (Å²) in [5.74, 6) is -1.75. The van der Waals surface area contributed by atoms with E-state index in [1.54, 1.807) is 6.92 Å². The van der Waals surface area contributed by atoms with Crippen molar-refractivity contribution in [2.45, 2.75) is 19.4 Å². The summed E-state index contributed by atoms with van der Waals surface area (Å²) in [6, 6.07) is -1.18. The number of nitrogens with two attached hydrogens (primary N) is 1. The number of hydroxylamine groups is 1. The highest BCUT2D eigenvalue weighted by Crippen LogP contribution is 1.88. The van der Waals surface area contributed by atoms with E-state index in [2.05, 4.69) is 10.2 Å². The Bertz CT molecular complexity index is 255. The molecule has 0 aliphatic heterocycles. The summed E-state index contributed by atoms with van der Waals surface area (Å²) in [6.07, 6.45) is -0.00759. The van der Waals surface area contributed by atoms with Crippen LogP contribution in [0.25, 0.3) is 0 Å². The molecule has 0 spiro atoms. The molecule has 8 heteroatoms. The van der Waals surface area contributed by atoms with Gasteiger partial charge in [-0.25, -0.2) is 15.1 Å². The van der Waals surface area contributed by atoms with E-state index >= 15 is 0 Å². The van der Waals surface area contributed by atoms with E-state index in [0.29, 0.717) is 0 Å². The second-order valence-corrected chi connectivity index (χ2v) is 2.83. The zero-order valence-corrected chi connectivity index (χ0v) is 8.15. The standard InChI is InChI=1S/C7H13N3O5/c1-4(2-5(8)11)9-7(14)10-15-3-6(12)13/h4H,2-3H2,1H3,(H2,8,11)(H,12,13)(H2,9,10,14). The van der Waals surface area contributed by atoms with E-state index in [9.17, 15) is 14.4 Å². The molecule has 0 aliphatic carbocycles. The van der Waals surface area contributed by atoms with E-state index < -0.39 is 30.6 Å². The van der Waals surface area contributed by atoms with Crippen LogP contribution in [0.2, 0.25) is 0 Å². The highest BCUT2D eigenvalue weighted by atomic mass is 16.7. The molecule has 0 heterocycles. The van der Waals surface area contributed by atoms with Gasteiger partial charge < -0.3 is 16.2 Å². The van der Waals surface area contributed by atoms with Crippen LogP contribution in [0, 0.1) is 0 Å². The fourth-order valence-corrected chi connectivity index (χ4v) is 0.769. The highest BCUT2D eigenvalue weighted by Gasteiger charge is 2.09. The van der Waals surface area contributed by atoms with Crippen LogP contribution in [0.15, 0.2) is 0 Å². The molecule has 1 atom stereocenters. The van der Waals surface area contributed by atoms with E-state index in [1.807, 2.05) is 5.48 Å². The maximum Gasteiger partial charge on any atom is 0.338 e. The van der Waals surface area contributed by atoms with Crippen LogP contribution < -0.4 is 16.5 Å². The zero-order valence-electron chi connectivity index (χ0n) is 8.15. The smallest absolute Gasteiger partial charge is 0.338 e. The van der Waals surface area contributed by atoms with Gasteiger partial charge >= 0.3 is 12.0 Å². The lowest BCUT2D eigenvalue weighted by molar-refractivity contribution is -0.144. The van der Waals surface area contributed by atoms with Crippen LogP contribution in [0.5, 0.6) is 0 Å². The lowest BCUT2D eigenvalue weighted by Gasteiger charge is -2.11. The van der Waals surface area contributed by atoms with Crippen molar-refractivity contribution >= 4 is 17.9 Å². The first-order chi connectivity index (χ1) is 6.91. The van der Waals surface area contributed by atoms with E-state index in [4.69, 9.17) is 10.8 Å². The number of carbonyl (C=O) groups excluding carboxylic acids is 2. The van der Waals surface area contributed by atoms with Crippen molar-refractivity contribution in [1.29, 1.82) is 0 Å². The van der Waals surface area contributed by atoms with Gasteiger partial charge in [-0.3, -0.25) is 9.63 Å². The highest BCUT2D eigenvalue weighted by molar-refractivity contribution is 5.77. The first kappa shape index (κ1) is 13.2. The summed E-state index contributed by atoms with van der Waals surface area (Å²) in [5, 5.41) is 10.5. The van der Waals surface area contributed by atoms with Crippen molar-refractivity contribution < 1.29 is 24.3 Å². The van der Waals surface area contributed by atoms with Gasteiger partial charge in [0.15, 0.2) is 6.61 Å². The molecule has 15 heavy (non-hydrogen) atoms. The number of carbonyl (C=O) groups is 3. The number of carboxylic acids is 1. The summed E-state index contributed by atoms with van der Waals surface area (Å²) in [6.45, 7) is 0.930. The largest absolute Gasteiger partial charge is 0.479 e. The van der Waals surface area contributed by atoms with Gasteiger partial charge in [-0.05, 0) is 6.92 Å². The lowest BCUT2D eigenvalue weighted by Crippen LogP contribution is -2.42. The first-order valence-electron chi connectivity index (χ1n) is 4.10. The fraction of sp³-hybridized carbons (Fsp3) is 0.571. The monoisotopic (exact) mass is 219 g/mol. The Morgan fingerprint density at radius 1 is 1.47 bits per heavy atom. The minimum atomic E-state index is -1.21. The minimum absolute atomic E-state index is 0.00759. The molecule has 0 aromatic carbocycles. The number of primary amides is 1. The number of hydrogen-bond acceptors (Lipinski definition) is 4. The molecule has 0 aromatic rings. The summed E-state index contributed by atoms with van der Waals surface area (Å²) in [4.78, 5) is 35.6. The maximum absolute atomic E-state index is 10.9. The van der Waals surface area contributed by atoms with Gasteiger partial charge in [0.2, 0.25) is 5.91 Å². The average molecular weight is 219 g/mol. The van der Waals surface area contributed by atoms with Gasteiger partial charge in [0.25, 0.3) is 0 Å². The predicted octanol–water partition coefficient (Wildman–Crippen LogP) is -1.43. The van der Waals surface area contributed by atoms with Crippen molar-refractivity contribution in [3.63, 3.8) is 0 Å². The van der Waals surface area contributed by atoms with Crippen molar-refractivity contribution in [2.24, 2.45) is 5.73 Å². The van der Waals surface area contributed by atoms with E-state index in [-0.39, 0.29) is 6.42 Å². The molecule has 3 amide bonds. The van der Waals surface area contributed by atoms with Crippen LogP contribution in [0.3, 0.4) is 0 Å². The number of amides is 3. The molecule has 0 saturated heterocycles. The van der Waals surface area contributed by atoms with Crippen LogP contribution in [-0.4, -0.2) is 35.7 Å². The molecule has 0 fully saturated rings. The number of nitrogens with one attached hydrogen (secondary N) is 2. The summed E-state index contributed by atoms with van der Waals surface area (Å²) < 4.78 is 0. The van der Waals surface area contributed by atoms with Gasteiger partial charge in [0.1, 0.15) is 0 Å². The van der Waals surface area contributed by atoms with E-state index in [1.165, 1.54) is 0 Å². The van der Waals surface area contributed by atoms with Crippen molar-refractivity contribution in [3.05, 3.63) is 0 Å². The topological polar surface area (TPSA) is 131 Å². The molecular formula is C7H13N3O5. The third-order valence-electron chi connectivity index (χ3n) is 1.25. The average Bonchev–Trinajstić information content (AvgIpc) is 2.00. The van der Waals surface area contributed by atoms with Gasteiger partial charge in [0.05, 0.1) is 0 Å². The first-order valence-corrected chi connectivity index (χ1v) is 4.10. The second kappa shape index (κ2) is 6.60. The Labute approximate surface area is 85.7 Å². The quantitative estimate of drug-likeness (QED) is 0.406. The molecule has 8 nitrogen and oxygen atoms in total. The second-order valence-electron chi connectivity index (χ2n) is 2.83. The fourth-order valence-electron chi connectivity index (χ4n) is 0.769. The van der Waals surface area contributed by atoms with Crippen LogP contribution in [0.4, 0.5) is 4.79 Å². The molecule has 0 saturated carbocycles. The SMILES string of the molecule is CC(CC(N)=O)NC(=O)NOCC(=O)O. The minimum Gasteiger partial charge on any atom is -0.479 e. The molecule has 0 aliphatic rings. The van der Waals surface area contributed by atoms with Crippen molar-refractivity contribution in [2.75, 3.05) is 6.61 Å². The third-order valence-corrected chi connectivity index (χ3v) is 1.25. The molecule has 0 aromatic heterocycles. The molecule has 5 N–H and O–H groups in total. The Hall–Kier alpha value is -1.83. The number of urea groups is 1. The summed E-state index contributed by atoms with van der Waals surface area (Å²) in [7, 11) is 0. The molecule has 0 radical (unpaired) electrons. The molecule has 0 bridgehead atoms. The normalized spacial score (nSPS) is 11.5. The number of hydrogen-bond donors (Lipinski definition) is 4. The molecule has 0 rings (SSSR count). The molecule has 86 valence electrons. The van der Waals surface area contributed by atoms with Gasteiger partial charge in [-0.15, -0.1) is 0 Å². The van der Waals surface area contributed by atoms with Gasteiger partial charge in [-0.1, -0.05) is 0 Å². The number of aliphatic carboxylic acids is 1. The van der Waals surface area contributed by atoms with Gasteiger partial charge in [0, 0.05) is 12.5 Å². The Morgan fingerprint density at radius 3 is 2.53 bits per heavy atom. The van der Waals surface area contributed by atoms with Crippen LogP contribution >= 0.6 is 0 Å². The molecular weight excluding hydrogens is 206 g/mol. The van der Waals surface area contributed by atoms with Crippen LogP contribution in [-0.2, 0) is 14.4 Å². The maximum atomic E-state index is 10.9.